The number of nitrogens with one attached hydrogen (secondary N) is 1. The highest BCUT2D eigenvalue weighted by Crippen LogP contribution is 2.21. The zero-order valence-corrected chi connectivity index (χ0v) is 12.6. The van der Waals surface area contributed by atoms with Gasteiger partial charge in [0.05, 0.1) is 22.3 Å². The lowest BCUT2D eigenvalue weighted by atomic mass is 10.2. The molecule has 0 heterocycles. The highest BCUT2D eigenvalue weighted by atomic mass is 79.9. The summed E-state index contributed by atoms with van der Waals surface area (Å²) in [6, 6.07) is 10.3. The third kappa shape index (κ3) is 3.67. The molecule has 0 atom stereocenters. The van der Waals surface area contributed by atoms with Crippen LogP contribution < -0.4 is 5.43 Å². The lowest BCUT2D eigenvalue weighted by Crippen LogP contribution is -2.18. The van der Waals surface area contributed by atoms with Gasteiger partial charge in [-0.05, 0) is 40.2 Å². The summed E-state index contributed by atoms with van der Waals surface area (Å²) in [6.45, 7) is 0. The number of benzene rings is 2. The van der Waals surface area contributed by atoms with Gasteiger partial charge in [0.25, 0.3) is 11.6 Å². The molecule has 2 aromatic carbocycles. The van der Waals surface area contributed by atoms with Crippen LogP contribution in [0.15, 0.2) is 52.0 Å². The van der Waals surface area contributed by atoms with E-state index in [1.165, 1.54) is 12.1 Å². The molecule has 1 amide bonds. The largest absolute Gasteiger partial charge is 0.508 e. The Labute approximate surface area is 133 Å². The van der Waals surface area contributed by atoms with Crippen LogP contribution in [0.3, 0.4) is 0 Å². The fraction of sp³-hybridized carbons (Fsp3) is 0. The maximum absolute atomic E-state index is 11.9. The normalized spacial score (nSPS) is 10.6. The molecule has 0 saturated heterocycles. The van der Waals surface area contributed by atoms with Crippen molar-refractivity contribution in [3.8, 4) is 5.75 Å². The van der Waals surface area contributed by atoms with Gasteiger partial charge in [-0.25, -0.2) is 5.43 Å². The SMILES string of the molecule is O=C(NN=Cc1cc(O)ccc1[N+](=O)[O-])c1ccccc1Br. The van der Waals surface area contributed by atoms with Crippen LogP contribution in [0.2, 0.25) is 0 Å². The Kier molecular flexibility index (Phi) is 4.84. The maximum atomic E-state index is 11.9. The number of carbonyl (C=O) groups excluding carboxylic acids is 1. The number of phenolic OH excluding ortho intramolecular Hbond substituents is 1. The predicted molar refractivity (Wildman–Crippen MR) is 84.0 cm³/mol. The van der Waals surface area contributed by atoms with E-state index < -0.39 is 10.8 Å². The number of nitrogens with zero attached hydrogens (tertiary/aromatic N) is 2. The molecule has 0 aliphatic heterocycles. The molecule has 2 N–H and O–H groups in total. The highest BCUT2D eigenvalue weighted by molar-refractivity contribution is 9.10. The van der Waals surface area contributed by atoms with Crippen LogP contribution >= 0.6 is 15.9 Å². The van der Waals surface area contributed by atoms with Crippen LogP contribution in [-0.2, 0) is 0 Å². The molecule has 7 nitrogen and oxygen atoms in total. The Morgan fingerprint density at radius 3 is 2.73 bits per heavy atom. The molecule has 2 aromatic rings. The van der Waals surface area contributed by atoms with Crippen molar-refractivity contribution in [2.45, 2.75) is 0 Å². The van der Waals surface area contributed by atoms with Crippen molar-refractivity contribution in [2.75, 3.05) is 0 Å². The standard InChI is InChI=1S/C14H10BrN3O4/c15-12-4-2-1-3-11(12)14(20)17-16-8-9-7-10(19)5-6-13(9)18(21)22/h1-8,19H,(H,17,20). The van der Waals surface area contributed by atoms with Crippen LogP contribution in [0.4, 0.5) is 5.69 Å². The van der Waals surface area contributed by atoms with Gasteiger partial charge in [0.15, 0.2) is 0 Å². The molecular formula is C14H10BrN3O4. The number of phenols is 1. The number of rotatable bonds is 4. The van der Waals surface area contributed by atoms with Crippen LogP contribution in [0.25, 0.3) is 0 Å². The molecule has 0 aliphatic rings. The average molecular weight is 364 g/mol. The van der Waals surface area contributed by atoms with E-state index in [0.29, 0.717) is 10.0 Å². The van der Waals surface area contributed by atoms with Gasteiger partial charge in [-0.15, -0.1) is 0 Å². The highest BCUT2D eigenvalue weighted by Gasteiger charge is 2.13. The van der Waals surface area contributed by atoms with E-state index in [2.05, 4.69) is 26.5 Å². The number of hydrogen-bond acceptors (Lipinski definition) is 5. The lowest BCUT2D eigenvalue weighted by Gasteiger charge is -2.02. The second kappa shape index (κ2) is 6.81. The monoisotopic (exact) mass is 363 g/mol. The molecule has 0 fully saturated rings. The van der Waals surface area contributed by atoms with Gasteiger partial charge in [-0.3, -0.25) is 14.9 Å². The number of hydrazone groups is 1. The van der Waals surface area contributed by atoms with Crippen LogP contribution in [0.1, 0.15) is 15.9 Å². The van der Waals surface area contributed by atoms with Crippen molar-refractivity contribution in [1.29, 1.82) is 0 Å². The summed E-state index contributed by atoms with van der Waals surface area (Å²) >= 11 is 3.24. The van der Waals surface area contributed by atoms with Gasteiger partial charge in [0.1, 0.15) is 5.75 Å². The number of amides is 1. The predicted octanol–water partition coefficient (Wildman–Crippen LogP) is 2.83. The van der Waals surface area contributed by atoms with E-state index in [-0.39, 0.29) is 17.0 Å². The molecule has 2 rings (SSSR count). The van der Waals surface area contributed by atoms with E-state index in [4.69, 9.17) is 0 Å². The molecule has 0 spiro atoms. The summed E-state index contributed by atoms with van der Waals surface area (Å²) in [4.78, 5) is 22.2. The average Bonchev–Trinajstić information content (AvgIpc) is 2.47. The van der Waals surface area contributed by atoms with Gasteiger partial charge >= 0.3 is 0 Å². The molecule has 0 aromatic heterocycles. The minimum absolute atomic E-state index is 0.0810. The minimum Gasteiger partial charge on any atom is -0.508 e. The Hall–Kier alpha value is -2.74. The summed E-state index contributed by atoms with van der Waals surface area (Å²) in [5, 5.41) is 23.9. The van der Waals surface area contributed by atoms with Gasteiger partial charge in [-0.1, -0.05) is 12.1 Å². The number of aromatic hydroxyl groups is 1. The first-order chi connectivity index (χ1) is 10.5. The van der Waals surface area contributed by atoms with Gasteiger partial charge in [0, 0.05) is 10.5 Å². The van der Waals surface area contributed by atoms with E-state index >= 15 is 0 Å². The number of hydrogen-bond donors (Lipinski definition) is 2. The minimum atomic E-state index is -0.601. The fourth-order valence-electron chi connectivity index (χ4n) is 1.68. The number of halogens is 1. The summed E-state index contributed by atoms with van der Waals surface area (Å²) in [5.41, 5.74) is 2.51. The van der Waals surface area contributed by atoms with E-state index in [1.54, 1.807) is 24.3 Å². The molecule has 22 heavy (non-hydrogen) atoms. The van der Waals surface area contributed by atoms with Crippen molar-refractivity contribution in [2.24, 2.45) is 5.10 Å². The van der Waals surface area contributed by atoms with Crippen molar-refractivity contribution in [3.63, 3.8) is 0 Å². The zero-order valence-electron chi connectivity index (χ0n) is 11.1. The third-order valence-electron chi connectivity index (χ3n) is 2.70. The van der Waals surface area contributed by atoms with E-state index in [1.807, 2.05) is 0 Å². The molecule has 0 bridgehead atoms. The van der Waals surface area contributed by atoms with Crippen molar-refractivity contribution < 1.29 is 14.8 Å². The quantitative estimate of drug-likeness (QED) is 0.494. The number of nitro groups is 1. The summed E-state index contributed by atoms with van der Waals surface area (Å²) in [6.07, 6.45) is 1.10. The maximum Gasteiger partial charge on any atom is 0.278 e. The van der Waals surface area contributed by atoms with Crippen LogP contribution in [0, 0.1) is 10.1 Å². The third-order valence-corrected chi connectivity index (χ3v) is 3.39. The molecule has 112 valence electrons. The van der Waals surface area contributed by atoms with E-state index in [9.17, 15) is 20.0 Å². The van der Waals surface area contributed by atoms with Gasteiger partial charge in [-0.2, -0.15) is 5.10 Å². The Balaban J connectivity index is 2.17. The second-order valence-corrected chi connectivity index (χ2v) is 5.03. The van der Waals surface area contributed by atoms with E-state index in [0.717, 1.165) is 12.3 Å². The first kappa shape index (κ1) is 15.6. The lowest BCUT2D eigenvalue weighted by molar-refractivity contribution is -0.385. The van der Waals surface area contributed by atoms with Crippen LogP contribution in [-0.4, -0.2) is 22.2 Å². The summed E-state index contributed by atoms with van der Waals surface area (Å²) in [7, 11) is 0. The first-order valence-electron chi connectivity index (χ1n) is 6.04. The number of carbonyl (C=O) groups is 1. The second-order valence-electron chi connectivity index (χ2n) is 4.18. The molecule has 8 heteroatoms. The topological polar surface area (TPSA) is 105 Å². The Morgan fingerprint density at radius 1 is 1.32 bits per heavy atom. The fourth-order valence-corrected chi connectivity index (χ4v) is 2.14. The molecule has 0 saturated carbocycles. The summed E-state index contributed by atoms with van der Waals surface area (Å²) in [5.74, 6) is -0.601. The first-order valence-corrected chi connectivity index (χ1v) is 6.83. The number of nitro benzene ring substituents is 1. The summed E-state index contributed by atoms with van der Waals surface area (Å²) < 4.78 is 0.603. The molecule has 0 aliphatic carbocycles. The molecule has 0 unspecified atom stereocenters. The van der Waals surface area contributed by atoms with Crippen molar-refractivity contribution >= 4 is 33.7 Å². The Morgan fingerprint density at radius 2 is 2.05 bits per heavy atom. The van der Waals surface area contributed by atoms with Gasteiger partial charge < -0.3 is 5.11 Å². The van der Waals surface area contributed by atoms with Crippen molar-refractivity contribution in [3.05, 3.63) is 68.2 Å². The van der Waals surface area contributed by atoms with Gasteiger partial charge in [0.2, 0.25) is 0 Å². The smallest absolute Gasteiger partial charge is 0.278 e. The Bertz CT molecular complexity index is 762. The van der Waals surface area contributed by atoms with Crippen LogP contribution in [0.5, 0.6) is 5.75 Å². The zero-order chi connectivity index (χ0) is 16.1. The molecule has 0 radical (unpaired) electrons. The van der Waals surface area contributed by atoms with Crippen molar-refractivity contribution in [1.82, 2.24) is 5.43 Å². The molecular weight excluding hydrogens is 354 g/mol.